The third-order valence-electron chi connectivity index (χ3n) is 2.58. The summed E-state index contributed by atoms with van der Waals surface area (Å²) in [5.74, 6) is -0.0387. The third-order valence-corrected chi connectivity index (χ3v) is 2.58. The molecule has 2 atom stereocenters. The van der Waals surface area contributed by atoms with Crippen molar-refractivity contribution >= 4 is 11.7 Å². The highest BCUT2D eigenvalue weighted by molar-refractivity contribution is 5.98. The lowest BCUT2D eigenvalue weighted by Gasteiger charge is -2.26. The molecule has 0 N–H and O–H groups in total. The first-order valence-electron chi connectivity index (χ1n) is 5.07. The molecule has 0 fully saturated rings. The van der Waals surface area contributed by atoms with E-state index in [1.165, 1.54) is 0 Å². The zero-order valence-corrected chi connectivity index (χ0v) is 8.99. The van der Waals surface area contributed by atoms with Crippen LogP contribution in [-0.2, 0) is 9.59 Å². The van der Waals surface area contributed by atoms with Gasteiger partial charge in [0.05, 0.1) is 6.42 Å². The second-order valence-corrected chi connectivity index (χ2v) is 3.74. The molecule has 3 heteroatoms. The van der Waals surface area contributed by atoms with Gasteiger partial charge in [-0.3, -0.25) is 9.59 Å². The van der Waals surface area contributed by atoms with Crippen LogP contribution in [0.25, 0.3) is 0 Å². The molecule has 1 amide bonds. The second-order valence-electron chi connectivity index (χ2n) is 3.74. The number of Topliss-reactive ketones (excluding diaryl/α,β-unsaturated/α-hetero) is 1. The molecule has 1 aliphatic rings. The highest BCUT2D eigenvalue weighted by Crippen LogP contribution is 2.17. The van der Waals surface area contributed by atoms with Crippen molar-refractivity contribution in [2.45, 2.75) is 45.7 Å². The van der Waals surface area contributed by atoms with Crippen molar-refractivity contribution in [3.63, 3.8) is 0 Å². The molecular formula is C11H17NO2. The molecule has 0 bridgehead atoms. The highest BCUT2D eigenvalue weighted by Gasteiger charge is 2.27. The quantitative estimate of drug-likeness (QED) is 0.506. The standard InChI is InChI=1S/C11H17NO2/c1-4-10(13)7-11(14)12-8(2)5-6-9(12)3/h5-6,8-9H,4,7H2,1-3H3. The Hall–Kier alpha value is -1.12. The van der Waals surface area contributed by atoms with Gasteiger partial charge in [0.2, 0.25) is 5.91 Å². The summed E-state index contributed by atoms with van der Waals surface area (Å²) < 4.78 is 0. The van der Waals surface area contributed by atoms with Crippen molar-refractivity contribution in [2.24, 2.45) is 0 Å². The smallest absolute Gasteiger partial charge is 0.230 e. The fraction of sp³-hybridized carbons (Fsp3) is 0.636. The zero-order chi connectivity index (χ0) is 10.7. The number of ketones is 1. The van der Waals surface area contributed by atoms with Gasteiger partial charge in [-0.1, -0.05) is 19.1 Å². The maximum atomic E-state index is 11.7. The number of nitrogens with zero attached hydrogens (tertiary/aromatic N) is 1. The van der Waals surface area contributed by atoms with E-state index in [9.17, 15) is 9.59 Å². The summed E-state index contributed by atoms with van der Waals surface area (Å²) in [4.78, 5) is 24.6. The summed E-state index contributed by atoms with van der Waals surface area (Å²) in [7, 11) is 0. The molecule has 0 spiro atoms. The van der Waals surface area contributed by atoms with Crippen molar-refractivity contribution in [1.29, 1.82) is 0 Å². The molecule has 0 radical (unpaired) electrons. The maximum absolute atomic E-state index is 11.7. The third kappa shape index (κ3) is 2.22. The molecule has 78 valence electrons. The molecule has 1 heterocycles. The molecule has 14 heavy (non-hydrogen) atoms. The molecular weight excluding hydrogens is 178 g/mol. The number of hydrogen-bond acceptors (Lipinski definition) is 2. The fourth-order valence-corrected chi connectivity index (χ4v) is 1.72. The number of rotatable bonds is 3. The van der Waals surface area contributed by atoms with Gasteiger partial charge in [0.25, 0.3) is 0 Å². The lowest BCUT2D eigenvalue weighted by molar-refractivity contribution is -0.136. The van der Waals surface area contributed by atoms with Crippen molar-refractivity contribution in [2.75, 3.05) is 0 Å². The monoisotopic (exact) mass is 195 g/mol. The van der Waals surface area contributed by atoms with E-state index in [-0.39, 0.29) is 30.2 Å². The van der Waals surface area contributed by atoms with Gasteiger partial charge in [-0.15, -0.1) is 0 Å². The summed E-state index contributed by atoms with van der Waals surface area (Å²) in [5.41, 5.74) is 0. The topological polar surface area (TPSA) is 37.4 Å². The Balaban J connectivity index is 2.57. The molecule has 0 aromatic heterocycles. The van der Waals surface area contributed by atoms with Gasteiger partial charge < -0.3 is 4.90 Å². The van der Waals surface area contributed by atoms with Crippen LogP contribution in [-0.4, -0.2) is 28.7 Å². The minimum absolute atomic E-state index is 0.0151. The van der Waals surface area contributed by atoms with E-state index < -0.39 is 0 Å². The first-order chi connectivity index (χ1) is 6.56. The maximum Gasteiger partial charge on any atom is 0.230 e. The minimum Gasteiger partial charge on any atom is -0.330 e. The van der Waals surface area contributed by atoms with Gasteiger partial charge >= 0.3 is 0 Å². The lowest BCUT2D eigenvalue weighted by Crippen LogP contribution is -2.40. The van der Waals surface area contributed by atoms with Gasteiger partial charge in [-0.2, -0.15) is 0 Å². The predicted octanol–water partition coefficient (Wildman–Crippen LogP) is 1.53. The van der Waals surface area contributed by atoms with Crippen LogP contribution in [0.15, 0.2) is 12.2 Å². The molecule has 0 aromatic rings. The number of carbonyl (C=O) groups is 2. The van der Waals surface area contributed by atoms with E-state index in [2.05, 4.69) is 0 Å². The van der Waals surface area contributed by atoms with Gasteiger partial charge in [-0.05, 0) is 13.8 Å². The van der Waals surface area contributed by atoms with E-state index in [4.69, 9.17) is 0 Å². The zero-order valence-electron chi connectivity index (χ0n) is 8.99. The summed E-state index contributed by atoms with van der Waals surface area (Å²) >= 11 is 0. The predicted molar refractivity (Wildman–Crippen MR) is 54.8 cm³/mol. The van der Waals surface area contributed by atoms with Crippen LogP contribution in [0.4, 0.5) is 0 Å². The molecule has 0 saturated heterocycles. The first kappa shape index (κ1) is 11.0. The summed E-state index contributed by atoms with van der Waals surface area (Å²) in [6.07, 6.45) is 4.49. The Kier molecular flexibility index (Phi) is 3.44. The Morgan fingerprint density at radius 1 is 1.21 bits per heavy atom. The molecule has 3 nitrogen and oxygen atoms in total. The number of hydrogen-bond donors (Lipinski definition) is 0. The van der Waals surface area contributed by atoms with Gasteiger partial charge in [-0.25, -0.2) is 0 Å². The van der Waals surface area contributed by atoms with Crippen LogP contribution in [0.5, 0.6) is 0 Å². The highest BCUT2D eigenvalue weighted by atomic mass is 16.2. The van der Waals surface area contributed by atoms with Crippen molar-refractivity contribution in [3.8, 4) is 0 Å². The lowest BCUT2D eigenvalue weighted by atomic mass is 10.2. The molecule has 0 aromatic carbocycles. The average molecular weight is 195 g/mol. The van der Waals surface area contributed by atoms with Crippen molar-refractivity contribution in [3.05, 3.63) is 12.2 Å². The average Bonchev–Trinajstić information content (AvgIpc) is 2.46. The van der Waals surface area contributed by atoms with Gasteiger partial charge in [0.1, 0.15) is 5.78 Å². The molecule has 1 rings (SSSR count). The van der Waals surface area contributed by atoms with E-state index >= 15 is 0 Å². The van der Waals surface area contributed by atoms with Gasteiger partial charge in [0, 0.05) is 18.5 Å². The first-order valence-corrected chi connectivity index (χ1v) is 5.07. The molecule has 2 unspecified atom stereocenters. The summed E-state index contributed by atoms with van der Waals surface area (Å²) in [6.45, 7) is 5.72. The minimum atomic E-state index is -0.0538. The fourth-order valence-electron chi connectivity index (χ4n) is 1.72. The van der Waals surface area contributed by atoms with E-state index in [0.29, 0.717) is 6.42 Å². The Bertz CT molecular complexity index is 258. The van der Waals surface area contributed by atoms with Gasteiger partial charge in [0.15, 0.2) is 0 Å². The second kappa shape index (κ2) is 4.40. The van der Waals surface area contributed by atoms with E-state index in [0.717, 1.165) is 0 Å². The number of carbonyl (C=O) groups excluding carboxylic acids is 2. The normalized spacial score (nSPS) is 25.5. The van der Waals surface area contributed by atoms with E-state index in [1.54, 1.807) is 11.8 Å². The molecule has 1 aliphatic heterocycles. The summed E-state index contributed by atoms with van der Waals surface area (Å²) in [5, 5.41) is 0. The Morgan fingerprint density at radius 3 is 2.14 bits per heavy atom. The SMILES string of the molecule is CCC(=O)CC(=O)N1C(C)C=CC1C. The van der Waals surface area contributed by atoms with Crippen LogP contribution < -0.4 is 0 Å². The van der Waals surface area contributed by atoms with Crippen LogP contribution in [0.1, 0.15) is 33.6 Å². The van der Waals surface area contributed by atoms with Crippen LogP contribution in [0.2, 0.25) is 0 Å². The van der Waals surface area contributed by atoms with E-state index in [1.807, 2.05) is 26.0 Å². The van der Waals surface area contributed by atoms with Crippen molar-refractivity contribution < 1.29 is 9.59 Å². The number of amides is 1. The Labute approximate surface area is 84.8 Å². The summed E-state index contributed by atoms with van der Waals surface area (Å²) in [6, 6.07) is 0.254. The van der Waals surface area contributed by atoms with Crippen LogP contribution in [0.3, 0.4) is 0 Å². The van der Waals surface area contributed by atoms with Crippen molar-refractivity contribution in [1.82, 2.24) is 4.90 Å². The largest absolute Gasteiger partial charge is 0.330 e. The molecule has 0 saturated carbocycles. The van der Waals surface area contributed by atoms with Crippen LogP contribution in [0, 0.1) is 0 Å². The Morgan fingerprint density at radius 2 is 1.71 bits per heavy atom. The van der Waals surface area contributed by atoms with Crippen LogP contribution >= 0.6 is 0 Å². The molecule has 0 aliphatic carbocycles.